The first-order chi connectivity index (χ1) is 15.6. The monoisotopic (exact) mass is 436 g/mol. The zero-order chi connectivity index (χ0) is 22.8. The Bertz CT molecular complexity index is 832. The van der Waals surface area contributed by atoms with E-state index in [1.807, 2.05) is 6.92 Å². The fourth-order valence-electron chi connectivity index (χ4n) is 4.45. The molecule has 3 rings (SSSR count). The van der Waals surface area contributed by atoms with Crippen molar-refractivity contribution in [3.8, 4) is 5.75 Å². The lowest BCUT2D eigenvalue weighted by molar-refractivity contribution is -0.119. The molecule has 1 amide bonds. The van der Waals surface area contributed by atoms with Crippen LogP contribution in [0.3, 0.4) is 0 Å². The number of amides is 1. The minimum absolute atomic E-state index is 0.252. The van der Waals surface area contributed by atoms with Crippen LogP contribution in [0.2, 0.25) is 0 Å². The molecule has 4 heteroatoms. The van der Waals surface area contributed by atoms with Crippen LogP contribution in [0.15, 0.2) is 48.5 Å². The second-order valence-corrected chi connectivity index (χ2v) is 9.33. The summed E-state index contributed by atoms with van der Waals surface area (Å²) >= 11 is 0. The van der Waals surface area contributed by atoms with Gasteiger partial charge in [-0.1, -0.05) is 63.4 Å². The van der Waals surface area contributed by atoms with Gasteiger partial charge in [-0.05, 0) is 61.6 Å². The maximum absolute atomic E-state index is 13.1. The number of para-hydroxylation sites is 1. The molecular formula is C28H40N2O2. The molecule has 32 heavy (non-hydrogen) atoms. The Balaban J connectivity index is 1.83. The van der Waals surface area contributed by atoms with Crippen molar-refractivity contribution in [2.45, 2.75) is 72.4 Å². The molecule has 2 aromatic rings. The third kappa shape index (κ3) is 7.37. The fourth-order valence-corrected chi connectivity index (χ4v) is 4.45. The molecule has 0 atom stereocenters. The number of hydrogen-bond donors (Lipinski definition) is 0. The molecule has 1 aliphatic heterocycles. The first-order valence-electron chi connectivity index (χ1n) is 12.4. The highest BCUT2D eigenvalue weighted by Crippen LogP contribution is 2.26. The van der Waals surface area contributed by atoms with E-state index in [9.17, 15) is 4.79 Å². The molecule has 0 spiro atoms. The van der Waals surface area contributed by atoms with E-state index in [2.05, 4.69) is 72.2 Å². The van der Waals surface area contributed by atoms with Crippen molar-refractivity contribution in [1.82, 2.24) is 4.90 Å². The highest BCUT2D eigenvalue weighted by atomic mass is 16.5. The molecule has 174 valence electrons. The third-order valence-electron chi connectivity index (χ3n) is 6.06. The highest BCUT2D eigenvalue weighted by molar-refractivity contribution is 5.94. The number of carbonyl (C=O) groups is 1. The average molecular weight is 437 g/mol. The Morgan fingerprint density at radius 2 is 1.62 bits per heavy atom. The Hall–Kier alpha value is -2.33. The molecule has 0 unspecified atom stereocenters. The summed E-state index contributed by atoms with van der Waals surface area (Å²) in [7, 11) is 0. The first kappa shape index (κ1) is 24.3. The zero-order valence-corrected chi connectivity index (χ0v) is 20.2. The van der Waals surface area contributed by atoms with E-state index in [1.165, 1.54) is 36.8 Å². The molecule has 0 aromatic heterocycles. The van der Waals surface area contributed by atoms with Crippen molar-refractivity contribution in [3.05, 3.63) is 59.7 Å². The minimum Gasteiger partial charge on any atom is -0.494 e. The van der Waals surface area contributed by atoms with Crippen LogP contribution < -0.4 is 9.64 Å². The maximum atomic E-state index is 13.1. The van der Waals surface area contributed by atoms with Crippen molar-refractivity contribution in [2.75, 3.05) is 24.6 Å². The van der Waals surface area contributed by atoms with Crippen LogP contribution in [0, 0.1) is 5.92 Å². The molecule has 0 radical (unpaired) electrons. The van der Waals surface area contributed by atoms with Crippen molar-refractivity contribution < 1.29 is 9.53 Å². The number of benzene rings is 2. The van der Waals surface area contributed by atoms with Gasteiger partial charge in [0, 0.05) is 31.7 Å². The van der Waals surface area contributed by atoms with Gasteiger partial charge in [0.2, 0.25) is 5.91 Å². The summed E-state index contributed by atoms with van der Waals surface area (Å²) in [4.78, 5) is 17.7. The van der Waals surface area contributed by atoms with E-state index in [0.29, 0.717) is 18.9 Å². The molecule has 0 N–H and O–H groups in total. The van der Waals surface area contributed by atoms with E-state index in [-0.39, 0.29) is 5.91 Å². The van der Waals surface area contributed by atoms with Crippen molar-refractivity contribution in [1.29, 1.82) is 0 Å². The van der Waals surface area contributed by atoms with E-state index in [1.54, 1.807) is 0 Å². The zero-order valence-electron chi connectivity index (χ0n) is 20.2. The van der Waals surface area contributed by atoms with Gasteiger partial charge >= 0.3 is 0 Å². The number of carbonyl (C=O) groups excluding carboxylic acids is 1. The van der Waals surface area contributed by atoms with Gasteiger partial charge in [0.25, 0.3) is 0 Å². The average Bonchev–Trinajstić information content (AvgIpc) is 2.76. The summed E-state index contributed by atoms with van der Waals surface area (Å²) in [6, 6.07) is 17.0. The summed E-state index contributed by atoms with van der Waals surface area (Å²) in [5.41, 5.74) is 3.64. The number of rotatable bonds is 6. The topological polar surface area (TPSA) is 32.8 Å². The normalized spacial score (nSPS) is 16.2. The summed E-state index contributed by atoms with van der Waals surface area (Å²) in [5, 5.41) is 0. The van der Waals surface area contributed by atoms with Crippen LogP contribution in [0.5, 0.6) is 5.75 Å². The summed E-state index contributed by atoms with van der Waals surface area (Å²) in [6.45, 7) is 10.6. The van der Waals surface area contributed by atoms with E-state index in [0.717, 1.165) is 44.0 Å². The lowest BCUT2D eigenvalue weighted by Crippen LogP contribution is -2.34. The lowest BCUT2D eigenvalue weighted by atomic mass is 10.0. The molecular weight excluding hydrogens is 396 g/mol. The molecule has 0 saturated heterocycles. The highest BCUT2D eigenvalue weighted by Gasteiger charge is 2.21. The number of nitrogens with zero attached hydrogens (tertiary/aromatic N) is 2. The third-order valence-corrected chi connectivity index (χ3v) is 6.06. The lowest BCUT2D eigenvalue weighted by Gasteiger charge is -2.30. The quantitative estimate of drug-likeness (QED) is 0.523. The molecule has 0 aliphatic carbocycles. The molecule has 0 fully saturated rings. The number of fused-ring (bicyclic) bond motifs is 1. The Morgan fingerprint density at radius 1 is 0.938 bits per heavy atom. The van der Waals surface area contributed by atoms with E-state index in [4.69, 9.17) is 4.74 Å². The van der Waals surface area contributed by atoms with Crippen molar-refractivity contribution in [3.63, 3.8) is 0 Å². The molecule has 1 heterocycles. The van der Waals surface area contributed by atoms with Gasteiger partial charge in [-0.25, -0.2) is 0 Å². The van der Waals surface area contributed by atoms with E-state index >= 15 is 0 Å². The summed E-state index contributed by atoms with van der Waals surface area (Å²) < 4.78 is 5.60. The predicted molar refractivity (Wildman–Crippen MR) is 133 cm³/mol. The number of ether oxygens (including phenoxy) is 1. The summed E-state index contributed by atoms with van der Waals surface area (Å²) in [5.74, 6) is 1.55. The Labute approximate surface area is 194 Å². The number of hydrogen-bond acceptors (Lipinski definition) is 3. The van der Waals surface area contributed by atoms with Crippen LogP contribution >= 0.6 is 0 Å². The van der Waals surface area contributed by atoms with Gasteiger partial charge < -0.3 is 9.64 Å². The minimum atomic E-state index is 0.252. The van der Waals surface area contributed by atoms with Crippen molar-refractivity contribution in [2.24, 2.45) is 5.92 Å². The van der Waals surface area contributed by atoms with Crippen LogP contribution in [-0.2, 0) is 17.9 Å². The Morgan fingerprint density at radius 3 is 2.34 bits per heavy atom. The predicted octanol–water partition coefficient (Wildman–Crippen LogP) is 6.43. The van der Waals surface area contributed by atoms with Crippen LogP contribution in [0.25, 0.3) is 0 Å². The first-order valence-corrected chi connectivity index (χ1v) is 12.4. The Kier molecular flexibility index (Phi) is 9.61. The second kappa shape index (κ2) is 12.6. The smallest absolute Gasteiger partial charge is 0.227 e. The van der Waals surface area contributed by atoms with Crippen molar-refractivity contribution >= 4 is 11.6 Å². The van der Waals surface area contributed by atoms with Crippen LogP contribution in [0.4, 0.5) is 5.69 Å². The molecule has 1 aliphatic rings. The summed E-state index contributed by atoms with van der Waals surface area (Å²) in [6.07, 6.45) is 6.58. The second-order valence-electron chi connectivity index (χ2n) is 9.33. The fraction of sp³-hybridized carbons (Fsp3) is 0.536. The SMILES string of the molecule is CCOc1ccc(CN2CCCCCCCN(C(=O)CC(C)C)c3ccccc3C2)cc1. The molecule has 2 aromatic carbocycles. The maximum Gasteiger partial charge on any atom is 0.227 e. The van der Waals surface area contributed by atoms with Crippen LogP contribution in [-0.4, -0.2) is 30.5 Å². The van der Waals surface area contributed by atoms with Gasteiger partial charge in [-0.3, -0.25) is 9.69 Å². The molecule has 0 saturated carbocycles. The van der Waals surface area contributed by atoms with Gasteiger partial charge in [-0.15, -0.1) is 0 Å². The van der Waals surface area contributed by atoms with E-state index < -0.39 is 0 Å². The molecule has 4 nitrogen and oxygen atoms in total. The van der Waals surface area contributed by atoms with Gasteiger partial charge in [0.15, 0.2) is 0 Å². The largest absolute Gasteiger partial charge is 0.494 e. The number of anilines is 1. The molecule has 0 bridgehead atoms. The van der Waals surface area contributed by atoms with Gasteiger partial charge in [-0.2, -0.15) is 0 Å². The standard InChI is InChI=1S/C28H40N2O2/c1-4-32-26-16-14-24(15-17-26)21-29-18-10-6-5-7-11-19-30(28(31)20-23(2)3)27-13-9-8-12-25(27)22-29/h8-9,12-17,23H,4-7,10-11,18-22H2,1-3H3. The van der Waals surface area contributed by atoms with Gasteiger partial charge in [0.1, 0.15) is 5.75 Å². The van der Waals surface area contributed by atoms with Crippen LogP contribution in [0.1, 0.15) is 70.4 Å². The van der Waals surface area contributed by atoms with Gasteiger partial charge in [0.05, 0.1) is 6.61 Å².